The number of anilines is 1. The van der Waals surface area contributed by atoms with Gasteiger partial charge < -0.3 is 5.32 Å². The second kappa shape index (κ2) is 9.02. The molecule has 162 valence electrons. The van der Waals surface area contributed by atoms with E-state index in [4.69, 9.17) is 11.6 Å². The lowest BCUT2D eigenvalue weighted by Gasteiger charge is -2.12. The van der Waals surface area contributed by atoms with Crippen LogP contribution < -0.4 is 10.0 Å². The first-order chi connectivity index (χ1) is 15.3. The lowest BCUT2D eigenvalue weighted by Crippen LogP contribution is -2.23. The number of aryl methyl sites for hydroxylation is 1. The van der Waals surface area contributed by atoms with Gasteiger partial charge in [0.2, 0.25) is 0 Å². The third-order valence-corrected chi connectivity index (χ3v) is 6.97. The Labute approximate surface area is 192 Å². The van der Waals surface area contributed by atoms with Crippen LogP contribution in [0.4, 0.5) is 5.69 Å². The van der Waals surface area contributed by atoms with Crippen molar-refractivity contribution in [2.24, 2.45) is 0 Å². The average Bonchev–Trinajstić information content (AvgIpc) is 2.79. The van der Waals surface area contributed by atoms with Crippen LogP contribution in [0.15, 0.2) is 89.8 Å². The zero-order valence-electron chi connectivity index (χ0n) is 17.3. The number of sulfonamides is 1. The molecule has 0 saturated heterocycles. The van der Waals surface area contributed by atoms with E-state index in [1.165, 1.54) is 18.2 Å². The molecule has 0 aliphatic heterocycles. The van der Waals surface area contributed by atoms with Crippen molar-refractivity contribution in [2.75, 3.05) is 4.72 Å². The molecule has 0 atom stereocenters. The van der Waals surface area contributed by atoms with Gasteiger partial charge in [0.25, 0.3) is 15.9 Å². The smallest absolute Gasteiger partial charge is 0.263 e. The summed E-state index contributed by atoms with van der Waals surface area (Å²) in [5.41, 5.74) is 2.60. The van der Waals surface area contributed by atoms with E-state index in [1.807, 2.05) is 49.4 Å². The minimum Gasteiger partial charge on any atom is -0.348 e. The Morgan fingerprint density at radius 1 is 0.906 bits per heavy atom. The van der Waals surface area contributed by atoms with Crippen molar-refractivity contribution < 1.29 is 13.2 Å². The Balaban J connectivity index is 1.55. The number of hydrogen-bond donors (Lipinski definition) is 2. The van der Waals surface area contributed by atoms with Gasteiger partial charge in [0.05, 0.1) is 5.02 Å². The molecular formula is C25H21ClN2O3S. The minimum atomic E-state index is -3.97. The fourth-order valence-corrected chi connectivity index (χ4v) is 4.99. The number of carbonyl (C=O) groups excluding carboxylic acids is 1. The van der Waals surface area contributed by atoms with Gasteiger partial charge in [0.15, 0.2) is 0 Å². The van der Waals surface area contributed by atoms with Crippen molar-refractivity contribution in [3.63, 3.8) is 0 Å². The average molecular weight is 465 g/mol. The number of hydrogen-bond acceptors (Lipinski definition) is 3. The summed E-state index contributed by atoms with van der Waals surface area (Å²) in [6, 6.07) is 25.0. The van der Waals surface area contributed by atoms with Crippen molar-refractivity contribution >= 4 is 44.0 Å². The van der Waals surface area contributed by atoms with Gasteiger partial charge >= 0.3 is 0 Å². The molecule has 5 nitrogen and oxygen atoms in total. The number of halogens is 1. The predicted octanol–water partition coefficient (Wildman–Crippen LogP) is 5.53. The van der Waals surface area contributed by atoms with Gasteiger partial charge in [-0.1, -0.05) is 71.8 Å². The Kier molecular flexibility index (Phi) is 6.17. The van der Waals surface area contributed by atoms with Crippen LogP contribution >= 0.6 is 11.6 Å². The zero-order valence-corrected chi connectivity index (χ0v) is 18.9. The predicted molar refractivity (Wildman–Crippen MR) is 129 cm³/mol. The summed E-state index contributed by atoms with van der Waals surface area (Å²) >= 11 is 6.16. The number of rotatable bonds is 6. The molecule has 0 aromatic heterocycles. The zero-order chi connectivity index (χ0) is 22.7. The van der Waals surface area contributed by atoms with E-state index in [2.05, 4.69) is 10.0 Å². The molecular weight excluding hydrogens is 444 g/mol. The largest absolute Gasteiger partial charge is 0.348 e. The highest BCUT2D eigenvalue weighted by Crippen LogP contribution is 2.25. The van der Waals surface area contributed by atoms with Gasteiger partial charge in [0.1, 0.15) is 4.90 Å². The molecule has 0 fully saturated rings. The van der Waals surface area contributed by atoms with Crippen LogP contribution in [0.1, 0.15) is 21.5 Å². The van der Waals surface area contributed by atoms with E-state index in [1.54, 1.807) is 24.3 Å². The first kappa shape index (κ1) is 21.9. The maximum Gasteiger partial charge on any atom is 0.263 e. The SMILES string of the molecule is Cc1ccc(NS(=O)(=O)c2cc(C(=O)NCc3cccc4ccccc34)ccc2Cl)cc1. The van der Waals surface area contributed by atoms with Crippen molar-refractivity contribution in [1.29, 1.82) is 0 Å². The Bertz CT molecular complexity index is 1400. The van der Waals surface area contributed by atoms with Crippen LogP contribution in [0.3, 0.4) is 0 Å². The molecule has 4 rings (SSSR count). The summed E-state index contributed by atoms with van der Waals surface area (Å²) in [6.07, 6.45) is 0. The molecule has 0 spiro atoms. The summed E-state index contributed by atoms with van der Waals surface area (Å²) in [5.74, 6) is -0.388. The fraction of sp³-hybridized carbons (Fsp3) is 0.0800. The van der Waals surface area contributed by atoms with Gasteiger partial charge in [-0.05, 0) is 53.6 Å². The first-order valence-electron chi connectivity index (χ1n) is 9.97. The molecule has 0 bridgehead atoms. The molecule has 32 heavy (non-hydrogen) atoms. The van der Waals surface area contributed by atoms with Crippen molar-refractivity contribution in [3.05, 3.63) is 107 Å². The summed E-state index contributed by atoms with van der Waals surface area (Å²) in [4.78, 5) is 12.6. The van der Waals surface area contributed by atoms with Crippen molar-refractivity contribution in [2.45, 2.75) is 18.4 Å². The van der Waals surface area contributed by atoms with E-state index in [-0.39, 0.29) is 21.4 Å². The number of carbonyl (C=O) groups is 1. The molecule has 0 aliphatic rings. The number of benzene rings is 4. The first-order valence-corrected chi connectivity index (χ1v) is 11.8. The topological polar surface area (TPSA) is 75.3 Å². The molecule has 4 aromatic carbocycles. The monoisotopic (exact) mass is 464 g/mol. The highest BCUT2D eigenvalue weighted by Gasteiger charge is 2.20. The van der Waals surface area contributed by atoms with Gasteiger partial charge in [-0.2, -0.15) is 0 Å². The van der Waals surface area contributed by atoms with Crippen LogP contribution in [-0.4, -0.2) is 14.3 Å². The normalized spacial score (nSPS) is 11.3. The van der Waals surface area contributed by atoms with Crippen LogP contribution in [0, 0.1) is 6.92 Å². The number of amides is 1. The second-order valence-electron chi connectivity index (χ2n) is 7.44. The van der Waals surface area contributed by atoms with Gasteiger partial charge in [-0.25, -0.2) is 8.42 Å². The van der Waals surface area contributed by atoms with Gasteiger partial charge in [-0.3, -0.25) is 9.52 Å². The van der Waals surface area contributed by atoms with E-state index in [0.29, 0.717) is 12.2 Å². The molecule has 2 N–H and O–H groups in total. The highest BCUT2D eigenvalue weighted by atomic mass is 35.5. The summed E-state index contributed by atoms with van der Waals surface area (Å²) in [6.45, 7) is 2.22. The molecule has 7 heteroatoms. The van der Waals surface area contributed by atoms with Gasteiger partial charge in [0, 0.05) is 17.8 Å². The standard InChI is InChI=1S/C25H21ClN2O3S/c1-17-9-12-21(13-10-17)28-32(30,31)24-15-19(11-14-23(24)26)25(29)27-16-20-7-4-6-18-5-2-3-8-22(18)20/h2-15,28H,16H2,1H3,(H,27,29). The van der Waals surface area contributed by atoms with Crippen LogP contribution in [0.25, 0.3) is 10.8 Å². The highest BCUT2D eigenvalue weighted by molar-refractivity contribution is 7.92. The maximum absolute atomic E-state index is 12.9. The third kappa shape index (κ3) is 4.77. The Morgan fingerprint density at radius 2 is 1.62 bits per heavy atom. The number of fused-ring (bicyclic) bond motifs is 1. The number of nitrogens with one attached hydrogen (secondary N) is 2. The summed E-state index contributed by atoms with van der Waals surface area (Å²) < 4.78 is 28.3. The molecule has 1 amide bonds. The van der Waals surface area contributed by atoms with Crippen molar-refractivity contribution in [1.82, 2.24) is 5.32 Å². The van der Waals surface area contributed by atoms with E-state index in [0.717, 1.165) is 21.9 Å². The maximum atomic E-state index is 12.9. The van der Waals surface area contributed by atoms with Crippen LogP contribution in [-0.2, 0) is 16.6 Å². The molecule has 0 unspecified atom stereocenters. The van der Waals surface area contributed by atoms with E-state index in [9.17, 15) is 13.2 Å². The summed E-state index contributed by atoms with van der Waals surface area (Å²) in [7, 11) is -3.97. The second-order valence-corrected chi connectivity index (χ2v) is 9.50. The Morgan fingerprint density at radius 3 is 2.41 bits per heavy atom. The lowest BCUT2D eigenvalue weighted by molar-refractivity contribution is 0.0951. The quantitative estimate of drug-likeness (QED) is 0.393. The molecule has 4 aromatic rings. The Hall–Kier alpha value is -3.35. The molecule has 0 aliphatic carbocycles. The third-order valence-electron chi connectivity index (χ3n) is 5.11. The molecule has 0 heterocycles. The van der Waals surface area contributed by atoms with Crippen LogP contribution in [0.2, 0.25) is 5.02 Å². The minimum absolute atomic E-state index is 0.0372. The van der Waals surface area contributed by atoms with E-state index >= 15 is 0 Å². The van der Waals surface area contributed by atoms with Crippen molar-refractivity contribution in [3.8, 4) is 0 Å². The fourth-order valence-electron chi connectivity index (χ4n) is 3.41. The van der Waals surface area contributed by atoms with E-state index < -0.39 is 10.0 Å². The lowest BCUT2D eigenvalue weighted by atomic mass is 10.0. The van der Waals surface area contributed by atoms with Crippen LogP contribution in [0.5, 0.6) is 0 Å². The molecule has 0 saturated carbocycles. The summed E-state index contributed by atoms with van der Waals surface area (Å²) in [5, 5.41) is 5.04. The van der Waals surface area contributed by atoms with Gasteiger partial charge in [-0.15, -0.1) is 0 Å². The molecule has 0 radical (unpaired) electrons.